The van der Waals surface area contributed by atoms with Gasteiger partial charge in [-0.2, -0.15) is 0 Å². The van der Waals surface area contributed by atoms with Gasteiger partial charge in [0.05, 0.1) is 23.5 Å². The van der Waals surface area contributed by atoms with Crippen LogP contribution in [0.25, 0.3) is 0 Å². The van der Waals surface area contributed by atoms with Gasteiger partial charge in [0.25, 0.3) is 11.8 Å². The van der Waals surface area contributed by atoms with Gasteiger partial charge in [-0.25, -0.2) is 4.39 Å². The number of thioether (sulfide) groups is 1. The van der Waals surface area contributed by atoms with E-state index in [0.717, 1.165) is 4.90 Å². The number of para-hydroxylation sites is 3. The summed E-state index contributed by atoms with van der Waals surface area (Å²) in [7, 11) is 1.50. The third kappa shape index (κ3) is 6.58. The number of rotatable bonds is 9. The van der Waals surface area contributed by atoms with Gasteiger partial charge < -0.3 is 20.3 Å². The van der Waals surface area contributed by atoms with Gasteiger partial charge in [0.1, 0.15) is 11.6 Å². The van der Waals surface area contributed by atoms with E-state index < -0.39 is 24.2 Å². The highest BCUT2D eigenvalue weighted by atomic mass is 32.2. The second-order valence-corrected chi connectivity index (χ2v) is 8.07. The summed E-state index contributed by atoms with van der Waals surface area (Å²) in [5, 5.41) is 5.23. The highest BCUT2D eigenvalue weighted by Gasteiger charge is 2.20. The van der Waals surface area contributed by atoms with Crippen molar-refractivity contribution in [1.82, 2.24) is 4.90 Å². The van der Waals surface area contributed by atoms with Crippen molar-refractivity contribution in [3.8, 4) is 5.75 Å². The summed E-state index contributed by atoms with van der Waals surface area (Å²) in [5.41, 5.74) is 0.903. The molecule has 3 amide bonds. The van der Waals surface area contributed by atoms with E-state index in [4.69, 9.17) is 4.74 Å². The molecule has 0 aromatic heterocycles. The predicted molar refractivity (Wildman–Crippen MR) is 131 cm³/mol. The number of amides is 3. The molecule has 0 heterocycles. The van der Waals surface area contributed by atoms with Gasteiger partial charge in [-0.15, -0.1) is 11.8 Å². The Kier molecular flexibility index (Phi) is 8.64. The van der Waals surface area contributed by atoms with Crippen molar-refractivity contribution in [2.45, 2.75) is 4.90 Å². The van der Waals surface area contributed by atoms with Crippen LogP contribution in [0.5, 0.6) is 5.75 Å². The minimum atomic E-state index is -0.576. The Morgan fingerprint density at radius 1 is 0.882 bits per heavy atom. The zero-order valence-corrected chi connectivity index (χ0v) is 19.5. The number of carbonyl (C=O) groups excluding carboxylic acids is 3. The summed E-state index contributed by atoms with van der Waals surface area (Å²) >= 11 is 1.51. The topological polar surface area (TPSA) is 87.7 Å². The molecule has 0 aliphatic carbocycles. The molecule has 0 unspecified atom stereocenters. The average Bonchev–Trinajstić information content (AvgIpc) is 2.84. The van der Waals surface area contributed by atoms with Gasteiger partial charge in [-0.05, 0) is 42.7 Å². The van der Waals surface area contributed by atoms with Gasteiger partial charge >= 0.3 is 0 Å². The van der Waals surface area contributed by atoms with Crippen LogP contribution in [0, 0.1) is 5.82 Å². The molecule has 0 atom stereocenters. The number of likely N-dealkylation sites (N-methyl/N-ethyl adjacent to an activating group) is 1. The summed E-state index contributed by atoms with van der Waals surface area (Å²) < 4.78 is 19.2. The Labute approximate surface area is 201 Å². The number of anilines is 2. The Balaban J connectivity index is 1.61. The first kappa shape index (κ1) is 24.8. The zero-order valence-electron chi connectivity index (χ0n) is 18.7. The lowest BCUT2D eigenvalue weighted by Gasteiger charge is -2.19. The second-order valence-electron chi connectivity index (χ2n) is 7.22. The third-order valence-corrected chi connectivity index (χ3v) is 5.53. The van der Waals surface area contributed by atoms with Crippen LogP contribution < -0.4 is 15.4 Å². The molecule has 7 nitrogen and oxygen atoms in total. The van der Waals surface area contributed by atoms with Crippen molar-refractivity contribution < 1.29 is 23.5 Å². The van der Waals surface area contributed by atoms with E-state index in [0.29, 0.717) is 5.69 Å². The molecule has 3 aromatic rings. The van der Waals surface area contributed by atoms with Crippen LogP contribution in [-0.2, 0) is 9.59 Å². The van der Waals surface area contributed by atoms with Crippen LogP contribution in [0.4, 0.5) is 15.8 Å². The molecule has 0 aliphatic rings. The lowest BCUT2D eigenvalue weighted by Crippen LogP contribution is -2.35. The average molecular weight is 482 g/mol. The van der Waals surface area contributed by atoms with Crippen LogP contribution in [0.2, 0.25) is 0 Å². The first-order chi connectivity index (χ1) is 16.4. The van der Waals surface area contributed by atoms with Crippen molar-refractivity contribution in [1.29, 1.82) is 0 Å². The molecule has 3 rings (SSSR count). The van der Waals surface area contributed by atoms with E-state index in [9.17, 15) is 18.8 Å². The van der Waals surface area contributed by atoms with Crippen molar-refractivity contribution in [3.63, 3.8) is 0 Å². The molecule has 3 aromatic carbocycles. The first-order valence-corrected chi connectivity index (χ1v) is 11.6. The summed E-state index contributed by atoms with van der Waals surface area (Å²) in [4.78, 5) is 39.8. The molecular formula is C25H24FN3O4S. The van der Waals surface area contributed by atoms with E-state index in [2.05, 4.69) is 10.6 Å². The van der Waals surface area contributed by atoms with Gasteiger partial charge in [0.2, 0.25) is 5.91 Å². The minimum absolute atomic E-state index is 0.0363. The maximum atomic E-state index is 13.7. The SMILES string of the molecule is CSc1ccccc1NC(=O)CN(C)C(=O)c1ccccc1OCC(=O)Nc1ccccc1F. The number of benzene rings is 3. The maximum Gasteiger partial charge on any atom is 0.262 e. The fourth-order valence-electron chi connectivity index (χ4n) is 3.09. The Morgan fingerprint density at radius 3 is 2.24 bits per heavy atom. The van der Waals surface area contributed by atoms with E-state index in [1.54, 1.807) is 36.4 Å². The largest absolute Gasteiger partial charge is 0.483 e. The first-order valence-electron chi connectivity index (χ1n) is 10.3. The second kappa shape index (κ2) is 11.9. The number of nitrogens with one attached hydrogen (secondary N) is 2. The van der Waals surface area contributed by atoms with E-state index in [-0.39, 0.29) is 29.5 Å². The Bertz CT molecular complexity index is 1190. The number of carbonyl (C=O) groups is 3. The normalized spacial score (nSPS) is 10.3. The van der Waals surface area contributed by atoms with Gasteiger partial charge in [0.15, 0.2) is 6.61 Å². The molecule has 2 N–H and O–H groups in total. The lowest BCUT2D eigenvalue weighted by atomic mass is 10.1. The fourth-order valence-corrected chi connectivity index (χ4v) is 3.65. The highest BCUT2D eigenvalue weighted by molar-refractivity contribution is 7.98. The Hall–Kier alpha value is -3.85. The van der Waals surface area contributed by atoms with Crippen LogP contribution in [0.1, 0.15) is 10.4 Å². The van der Waals surface area contributed by atoms with E-state index in [1.165, 1.54) is 41.9 Å². The summed E-state index contributed by atoms with van der Waals surface area (Å²) in [6, 6.07) is 19.6. The standard InChI is InChI=1S/C25H24FN3O4S/c1-29(15-23(30)28-20-12-6-8-14-22(20)34-2)25(32)17-9-3-7-13-21(17)33-16-24(31)27-19-11-5-4-10-18(19)26/h3-14H,15-16H2,1-2H3,(H,27,31)(H,28,30). The molecule has 0 aliphatic heterocycles. The van der Waals surface area contributed by atoms with Crippen LogP contribution in [-0.4, -0.2) is 49.1 Å². The molecule has 0 fully saturated rings. The molecule has 0 radical (unpaired) electrons. The number of nitrogens with zero attached hydrogens (tertiary/aromatic N) is 1. The molecule has 9 heteroatoms. The summed E-state index contributed by atoms with van der Waals surface area (Å²) in [6.45, 7) is -0.599. The third-order valence-electron chi connectivity index (χ3n) is 4.73. The fraction of sp³-hybridized carbons (Fsp3) is 0.160. The predicted octanol–water partition coefficient (Wildman–Crippen LogP) is 4.28. The summed E-state index contributed by atoms with van der Waals surface area (Å²) in [6.07, 6.45) is 1.91. The molecule has 34 heavy (non-hydrogen) atoms. The highest BCUT2D eigenvalue weighted by Crippen LogP contribution is 2.25. The van der Waals surface area contributed by atoms with Crippen LogP contribution in [0.15, 0.2) is 77.7 Å². The number of halogens is 1. The molecule has 0 saturated carbocycles. The van der Waals surface area contributed by atoms with Crippen LogP contribution in [0.3, 0.4) is 0 Å². The maximum absolute atomic E-state index is 13.7. The van der Waals surface area contributed by atoms with E-state index >= 15 is 0 Å². The van der Waals surface area contributed by atoms with Crippen molar-refractivity contribution in [2.24, 2.45) is 0 Å². The lowest BCUT2D eigenvalue weighted by molar-refractivity contribution is -0.118. The van der Waals surface area contributed by atoms with Gasteiger partial charge in [-0.3, -0.25) is 14.4 Å². The molecular weight excluding hydrogens is 457 g/mol. The van der Waals surface area contributed by atoms with Crippen LogP contribution >= 0.6 is 11.8 Å². The number of hydrogen-bond acceptors (Lipinski definition) is 5. The van der Waals surface area contributed by atoms with E-state index in [1.807, 2.05) is 24.5 Å². The Morgan fingerprint density at radius 2 is 1.50 bits per heavy atom. The molecule has 176 valence electrons. The molecule has 0 saturated heterocycles. The summed E-state index contributed by atoms with van der Waals surface area (Å²) in [5.74, 6) is -1.76. The quantitative estimate of drug-likeness (QED) is 0.446. The van der Waals surface area contributed by atoms with Gasteiger partial charge in [0, 0.05) is 11.9 Å². The smallest absolute Gasteiger partial charge is 0.262 e. The zero-order chi connectivity index (χ0) is 24.5. The van der Waals surface area contributed by atoms with Crippen molar-refractivity contribution in [3.05, 3.63) is 84.2 Å². The number of ether oxygens (including phenoxy) is 1. The minimum Gasteiger partial charge on any atom is -0.483 e. The molecule has 0 spiro atoms. The van der Waals surface area contributed by atoms with Crippen molar-refractivity contribution in [2.75, 3.05) is 37.1 Å². The van der Waals surface area contributed by atoms with Crippen molar-refractivity contribution >= 4 is 40.9 Å². The van der Waals surface area contributed by atoms with Gasteiger partial charge in [-0.1, -0.05) is 36.4 Å². The monoisotopic (exact) mass is 481 g/mol. The molecule has 0 bridgehead atoms. The number of hydrogen-bond donors (Lipinski definition) is 2.